The Morgan fingerprint density at radius 2 is 1.82 bits per heavy atom. The first kappa shape index (κ1) is 23.0. The van der Waals surface area contributed by atoms with Gasteiger partial charge in [-0.15, -0.1) is 0 Å². The average Bonchev–Trinajstić information content (AvgIpc) is 2.68. The minimum atomic E-state index is -4.62. The summed E-state index contributed by atoms with van der Waals surface area (Å²) >= 11 is 15.5. The van der Waals surface area contributed by atoms with E-state index in [1.807, 2.05) is 6.92 Å². The van der Waals surface area contributed by atoms with Gasteiger partial charge in [0.25, 0.3) is 0 Å². The summed E-state index contributed by atoms with van der Waals surface area (Å²) in [6.07, 6.45) is 2.25. The van der Waals surface area contributed by atoms with Gasteiger partial charge >= 0.3 is 51.4 Å². The molecule has 0 fully saturated rings. The molecule has 0 bridgehead atoms. The van der Waals surface area contributed by atoms with Crippen molar-refractivity contribution in [3.8, 4) is 5.69 Å². The van der Waals surface area contributed by atoms with Gasteiger partial charge in [0.1, 0.15) is 15.8 Å². The molecule has 5 nitrogen and oxygen atoms in total. The molecule has 0 atom stereocenters. The fourth-order valence-electron chi connectivity index (χ4n) is 1.75. The molecule has 0 unspecified atom stereocenters. The van der Waals surface area contributed by atoms with Crippen LogP contribution in [0.3, 0.4) is 0 Å². The zero-order chi connectivity index (χ0) is 15.1. The van der Waals surface area contributed by atoms with Crippen LogP contribution in [-0.2, 0) is 16.5 Å². The molecule has 116 valence electrons. The molecule has 2 aromatic rings. The number of benzene rings is 1. The van der Waals surface area contributed by atoms with Gasteiger partial charge in [-0.05, 0) is 34.5 Å². The van der Waals surface area contributed by atoms with E-state index >= 15 is 0 Å². The molecule has 0 aliphatic carbocycles. The Morgan fingerprint density at radius 1 is 1.32 bits per heavy atom. The first-order valence-electron chi connectivity index (χ1n) is 5.43. The standard InChI is InChI=1S/C11H9BrCl2N2O3S.CH4.K/c1-2-10-7(12)5-15-16(10)11-8(13)3-6(4-9(11)14)20(17,18)19;;/h3-5H,2H2,1H3,(H,17,18,19);1H4;/q;;+1/p-1. The SMILES string of the molecule is C.CCc1c(Br)cnn1-c1c(Cl)cc(S(=O)(=O)[O-])cc1Cl.[K+]. The molecule has 10 heteroatoms. The summed E-state index contributed by atoms with van der Waals surface area (Å²) in [6.45, 7) is 1.93. The summed E-state index contributed by atoms with van der Waals surface area (Å²) in [5.41, 5.74) is 1.16. The Hall–Kier alpha value is 1.04. The van der Waals surface area contributed by atoms with E-state index in [0.717, 1.165) is 22.3 Å². The van der Waals surface area contributed by atoms with Crippen LogP contribution in [0.1, 0.15) is 20.0 Å². The van der Waals surface area contributed by atoms with E-state index < -0.39 is 15.0 Å². The maximum absolute atomic E-state index is 11.0. The van der Waals surface area contributed by atoms with E-state index in [2.05, 4.69) is 21.0 Å². The Kier molecular flexibility index (Phi) is 9.36. The van der Waals surface area contributed by atoms with E-state index in [4.69, 9.17) is 23.2 Å². The molecule has 0 saturated carbocycles. The second kappa shape index (κ2) is 8.94. The van der Waals surface area contributed by atoms with Crippen molar-refractivity contribution in [3.05, 3.63) is 38.5 Å². The van der Waals surface area contributed by atoms with Crippen LogP contribution < -0.4 is 51.4 Å². The molecular weight excluding hydrogens is 442 g/mol. The third-order valence-electron chi connectivity index (χ3n) is 2.64. The van der Waals surface area contributed by atoms with Crippen molar-refractivity contribution in [2.75, 3.05) is 0 Å². The van der Waals surface area contributed by atoms with Gasteiger partial charge in [-0.25, -0.2) is 13.1 Å². The van der Waals surface area contributed by atoms with E-state index in [1.165, 1.54) is 4.68 Å². The van der Waals surface area contributed by atoms with E-state index in [9.17, 15) is 13.0 Å². The smallest absolute Gasteiger partial charge is 0.744 e. The molecule has 1 aromatic carbocycles. The molecule has 0 radical (unpaired) electrons. The van der Waals surface area contributed by atoms with Crippen molar-refractivity contribution in [1.82, 2.24) is 9.78 Å². The fourth-order valence-corrected chi connectivity index (χ4v) is 3.59. The third kappa shape index (κ3) is 4.78. The van der Waals surface area contributed by atoms with Gasteiger partial charge in [0.15, 0.2) is 0 Å². The van der Waals surface area contributed by atoms with Gasteiger partial charge in [-0.1, -0.05) is 37.6 Å². The zero-order valence-corrected chi connectivity index (χ0v) is 18.1. The minimum Gasteiger partial charge on any atom is -0.744 e. The summed E-state index contributed by atoms with van der Waals surface area (Å²) < 4.78 is 35.3. The van der Waals surface area contributed by atoms with E-state index in [1.54, 1.807) is 6.20 Å². The van der Waals surface area contributed by atoms with Crippen molar-refractivity contribution in [3.63, 3.8) is 0 Å². The summed E-state index contributed by atoms with van der Waals surface area (Å²) in [7, 11) is -4.62. The molecule has 0 amide bonds. The van der Waals surface area contributed by atoms with Crippen LogP contribution in [-0.4, -0.2) is 22.8 Å². The molecule has 2 rings (SSSR count). The molecule has 1 aromatic heterocycles. The fraction of sp³-hybridized carbons (Fsp3) is 0.250. The Labute approximate surface area is 190 Å². The van der Waals surface area contributed by atoms with Crippen LogP contribution >= 0.6 is 39.1 Å². The zero-order valence-electron chi connectivity index (χ0n) is 11.1. The van der Waals surface area contributed by atoms with Crippen molar-refractivity contribution in [2.45, 2.75) is 25.7 Å². The second-order valence-electron chi connectivity index (χ2n) is 3.89. The Balaban J connectivity index is 0.00000220. The quantitative estimate of drug-likeness (QED) is 0.514. The molecule has 0 N–H and O–H groups in total. The van der Waals surface area contributed by atoms with Gasteiger partial charge < -0.3 is 4.55 Å². The van der Waals surface area contributed by atoms with Crippen molar-refractivity contribution >= 4 is 49.2 Å². The number of nitrogens with zero attached hydrogens (tertiary/aromatic N) is 2. The molecule has 22 heavy (non-hydrogen) atoms. The van der Waals surface area contributed by atoms with E-state index in [-0.39, 0.29) is 68.9 Å². The number of halogens is 3. The first-order valence-corrected chi connectivity index (χ1v) is 8.39. The minimum absolute atomic E-state index is 0. The number of aromatic nitrogens is 2. The first-order chi connectivity index (χ1) is 9.25. The van der Waals surface area contributed by atoms with Crippen LogP contribution in [0.5, 0.6) is 0 Å². The van der Waals surface area contributed by atoms with Crippen LogP contribution in [0.15, 0.2) is 27.7 Å². The molecule has 1 heterocycles. The van der Waals surface area contributed by atoms with Crippen LogP contribution in [0.25, 0.3) is 5.69 Å². The van der Waals surface area contributed by atoms with Crippen LogP contribution in [0.2, 0.25) is 10.0 Å². The molecule has 0 aliphatic heterocycles. The topological polar surface area (TPSA) is 75.0 Å². The monoisotopic (exact) mass is 452 g/mol. The number of rotatable bonds is 3. The van der Waals surface area contributed by atoms with Crippen LogP contribution in [0, 0.1) is 0 Å². The molecule has 0 saturated heterocycles. The third-order valence-corrected chi connectivity index (χ3v) is 4.70. The summed E-state index contributed by atoms with van der Waals surface area (Å²) in [4.78, 5) is -0.472. The number of hydrogen-bond donors (Lipinski definition) is 0. The Morgan fingerprint density at radius 3 is 2.23 bits per heavy atom. The normalized spacial score (nSPS) is 10.8. The maximum Gasteiger partial charge on any atom is 1.00 e. The predicted octanol–water partition coefficient (Wildman–Crippen LogP) is 1.05. The largest absolute Gasteiger partial charge is 1.00 e. The maximum atomic E-state index is 11.0. The molecule has 0 spiro atoms. The second-order valence-corrected chi connectivity index (χ2v) is 6.94. The van der Waals surface area contributed by atoms with Crippen molar-refractivity contribution in [1.29, 1.82) is 0 Å². The average molecular weight is 454 g/mol. The van der Waals surface area contributed by atoms with E-state index in [0.29, 0.717) is 12.1 Å². The van der Waals surface area contributed by atoms with Crippen LogP contribution in [0.4, 0.5) is 0 Å². The van der Waals surface area contributed by atoms with Gasteiger partial charge in [0.05, 0.1) is 31.3 Å². The summed E-state index contributed by atoms with van der Waals surface area (Å²) in [5, 5.41) is 4.22. The molecular formula is C12H12BrCl2KN2O3S. The van der Waals surface area contributed by atoms with Gasteiger partial charge in [0.2, 0.25) is 0 Å². The van der Waals surface area contributed by atoms with Gasteiger partial charge in [-0.3, -0.25) is 0 Å². The molecule has 0 aliphatic rings. The van der Waals surface area contributed by atoms with Gasteiger partial charge in [0, 0.05) is 0 Å². The number of hydrogen-bond acceptors (Lipinski definition) is 4. The predicted molar refractivity (Wildman–Crippen MR) is 85.4 cm³/mol. The summed E-state index contributed by atoms with van der Waals surface area (Å²) in [5.74, 6) is 0. The van der Waals surface area contributed by atoms with Gasteiger partial charge in [-0.2, -0.15) is 5.10 Å². The summed E-state index contributed by atoms with van der Waals surface area (Å²) in [6, 6.07) is 2.14. The van der Waals surface area contributed by atoms with Crippen molar-refractivity contribution in [2.24, 2.45) is 0 Å². The van der Waals surface area contributed by atoms with Crippen molar-refractivity contribution < 1.29 is 64.4 Å². The Bertz CT molecular complexity index is 758.